The summed E-state index contributed by atoms with van der Waals surface area (Å²) in [4.78, 5) is 15.2. The molecule has 1 atom stereocenters. The number of pyridine rings is 1. The van der Waals surface area contributed by atoms with Gasteiger partial charge in [0.1, 0.15) is 17.5 Å². The van der Waals surface area contributed by atoms with E-state index in [9.17, 15) is 18.7 Å². The van der Waals surface area contributed by atoms with Gasteiger partial charge in [-0.05, 0) is 29.8 Å². The van der Waals surface area contributed by atoms with Gasteiger partial charge in [-0.15, -0.1) is 0 Å². The molecule has 0 aliphatic heterocycles. The highest BCUT2D eigenvalue weighted by Gasteiger charge is 2.10. The number of aliphatic hydroxyl groups is 1. The fourth-order valence-electron chi connectivity index (χ4n) is 1.63. The normalized spacial score (nSPS) is 11.8. The number of aliphatic hydroxyl groups excluding tert-OH is 1. The van der Waals surface area contributed by atoms with Gasteiger partial charge < -0.3 is 10.4 Å². The van der Waals surface area contributed by atoms with E-state index in [0.717, 1.165) is 12.3 Å². The topological polar surface area (TPSA) is 74.2 Å². The molecular formula is C14H13F2N3O2. The summed E-state index contributed by atoms with van der Waals surface area (Å²) >= 11 is 0. The van der Waals surface area contributed by atoms with E-state index < -0.39 is 23.8 Å². The van der Waals surface area contributed by atoms with Crippen molar-refractivity contribution in [1.82, 2.24) is 10.3 Å². The molecule has 5 nitrogen and oxygen atoms in total. The Hall–Kier alpha value is -2.54. The Balaban J connectivity index is 1.84. The molecule has 0 fully saturated rings. The monoisotopic (exact) mass is 293 g/mol. The second kappa shape index (κ2) is 6.76. The van der Waals surface area contributed by atoms with Gasteiger partial charge in [0.25, 0.3) is 0 Å². The molecule has 7 heteroatoms. The number of halogens is 2. The molecule has 1 aromatic carbocycles. The number of carbonyl (C=O) groups is 1. The Labute approximate surface area is 119 Å². The van der Waals surface area contributed by atoms with E-state index in [2.05, 4.69) is 15.6 Å². The Morgan fingerprint density at radius 2 is 2.05 bits per heavy atom. The van der Waals surface area contributed by atoms with Crippen molar-refractivity contribution in [2.24, 2.45) is 0 Å². The first kappa shape index (κ1) is 14.9. The molecule has 3 N–H and O–H groups in total. The van der Waals surface area contributed by atoms with Gasteiger partial charge in [0.2, 0.25) is 0 Å². The second-order valence-corrected chi connectivity index (χ2v) is 4.27. The smallest absolute Gasteiger partial charge is 0.320 e. The standard InChI is InChI=1S/C14H13F2N3O2/c15-10-3-1-2-9(6-10)12(20)8-18-14(21)19-13-5-4-11(16)7-17-13/h1-7,12,20H,8H2,(H2,17,18,19,21)/t12-/m1/s1. The van der Waals surface area contributed by atoms with Crippen molar-refractivity contribution < 1.29 is 18.7 Å². The lowest BCUT2D eigenvalue weighted by atomic mass is 10.1. The van der Waals surface area contributed by atoms with Crippen LogP contribution in [0.25, 0.3) is 0 Å². The fourth-order valence-corrected chi connectivity index (χ4v) is 1.63. The molecule has 0 bridgehead atoms. The minimum absolute atomic E-state index is 0.101. The SMILES string of the molecule is O=C(NC[C@@H](O)c1cccc(F)c1)Nc1ccc(F)cn1. The van der Waals surface area contributed by atoms with Crippen LogP contribution in [0.1, 0.15) is 11.7 Å². The maximum atomic E-state index is 13.0. The van der Waals surface area contributed by atoms with Crippen LogP contribution in [0.3, 0.4) is 0 Å². The first-order valence-corrected chi connectivity index (χ1v) is 6.14. The van der Waals surface area contributed by atoms with Crippen LogP contribution in [0, 0.1) is 11.6 Å². The zero-order chi connectivity index (χ0) is 15.2. The molecule has 2 amide bonds. The number of amides is 2. The Kier molecular flexibility index (Phi) is 4.78. The molecule has 110 valence electrons. The third kappa shape index (κ3) is 4.50. The lowest BCUT2D eigenvalue weighted by Crippen LogP contribution is -2.32. The number of hydrogen-bond acceptors (Lipinski definition) is 3. The molecular weight excluding hydrogens is 280 g/mol. The van der Waals surface area contributed by atoms with Crippen LogP contribution in [-0.2, 0) is 0 Å². The number of nitrogens with one attached hydrogen (secondary N) is 2. The predicted molar refractivity (Wildman–Crippen MR) is 72.6 cm³/mol. The van der Waals surface area contributed by atoms with Gasteiger partial charge in [-0.25, -0.2) is 18.6 Å². The van der Waals surface area contributed by atoms with Crippen molar-refractivity contribution in [3.05, 3.63) is 59.8 Å². The summed E-state index contributed by atoms with van der Waals surface area (Å²) in [6, 6.07) is 7.32. The maximum absolute atomic E-state index is 13.0. The largest absolute Gasteiger partial charge is 0.387 e. The summed E-state index contributed by atoms with van der Waals surface area (Å²) < 4.78 is 25.6. The fraction of sp³-hybridized carbons (Fsp3) is 0.143. The quantitative estimate of drug-likeness (QED) is 0.809. The van der Waals surface area contributed by atoms with Crippen LogP contribution in [0.4, 0.5) is 19.4 Å². The van der Waals surface area contributed by atoms with Crippen LogP contribution >= 0.6 is 0 Å². The van der Waals surface area contributed by atoms with E-state index in [1.54, 1.807) is 6.07 Å². The summed E-state index contributed by atoms with van der Waals surface area (Å²) in [5.41, 5.74) is 0.357. The Morgan fingerprint density at radius 1 is 1.24 bits per heavy atom. The number of benzene rings is 1. The van der Waals surface area contributed by atoms with Crippen LogP contribution in [-0.4, -0.2) is 22.7 Å². The highest BCUT2D eigenvalue weighted by atomic mass is 19.1. The first-order valence-electron chi connectivity index (χ1n) is 6.14. The van der Waals surface area contributed by atoms with E-state index in [-0.39, 0.29) is 12.4 Å². The van der Waals surface area contributed by atoms with Crippen molar-refractivity contribution in [3.63, 3.8) is 0 Å². The highest BCUT2D eigenvalue weighted by Crippen LogP contribution is 2.13. The van der Waals surface area contributed by atoms with E-state index in [4.69, 9.17) is 0 Å². The highest BCUT2D eigenvalue weighted by molar-refractivity contribution is 5.88. The molecule has 1 aromatic heterocycles. The molecule has 2 rings (SSSR count). The zero-order valence-electron chi connectivity index (χ0n) is 10.9. The van der Waals surface area contributed by atoms with Crippen molar-refractivity contribution in [3.8, 4) is 0 Å². The Bertz CT molecular complexity index is 620. The van der Waals surface area contributed by atoms with E-state index in [1.807, 2.05) is 0 Å². The number of anilines is 1. The molecule has 0 radical (unpaired) electrons. The summed E-state index contributed by atoms with van der Waals surface area (Å²) in [6.45, 7) is -0.101. The molecule has 0 saturated heterocycles. The van der Waals surface area contributed by atoms with Gasteiger partial charge >= 0.3 is 6.03 Å². The first-order chi connectivity index (χ1) is 10.0. The van der Waals surface area contributed by atoms with Gasteiger partial charge in [-0.1, -0.05) is 12.1 Å². The van der Waals surface area contributed by atoms with Crippen molar-refractivity contribution >= 4 is 11.8 Å². The lowest BCUT2D eigenvalue weighted by molar-refractivity contribution is 0.174. The van der Waals surface area contributed by atoms with E-state index >= 15 is 0 Å². The average molecular weight is 293 g/mol. The maximum Gasteiger partial charge on any atom is 0.320 e. The predicted octanol–water partition coefficient (Wildman–Crippen LogP) is 2.21. The molecule has 0 saturated carbocycles. The molecule has 21 heavy (non-hydrogen) atoms. The van der Waals surface area contributed by atoms with E-state index in [1.165, 1.54) is 24.3 Å². The van der Waals surface area contributed by atoms with Gasteiger partial charge in [-0.3, -0.25) is 5.32 Å². The number of urea groups is 1. The van der Waals surface area contributed by atoms with E-state index in [0.29, 0.717) is 5.56 Å². The third-order valence-corrected chi connectivity index (χ3v) is 2.66. The molecule has 2 aromatic rings. The van der Waals surface area contributed by atoms with Gasteiger partial charge in [-0.2, -0.15) is 0 Å². The summed E-state index contributed by atoms with van der Waals surface area (Å²) in [5, 5.41) is 14.6. The zero-order valence-corrected chi connectivity index (χ0v) is 10.9. The molecule has 0 aliphatic rings. The average Bonchev–Trinajstić information content (AvgIpc) is 2.47. The second-order valence-electron chi connectivity index (χ2n) is 4.27. The number of carbonyl (C=O) groups excluding carboxylic acids is 1. The lowest BCUT2D eigenvalue weighted by Gasteiger charge is -2.12. The van der Waals surface area contributed by atoms with Crippen molar-refractivity contribution in [1.29, 1.82) is 0 Å². The molecule has 0 aliphatic carbocycles. The minimum Gasteiger partial charge on any atom is -0.387 e. The van der Waals surface area contributed by atoms with Crippen LogP contribution in [0.2, 0.25) is 0 Å². The third-order valence-electron chi connectivity index (χ3n) is 2.66. The number of rotatable bonds is 4. The summed E-state index contributed by atoms with van der Waals surface area (Å²) in [5.74, 6) is -0.803. The van der Waals surface area contributed by atoms with Gasteiger partial charge in [0.05, 0.1) is 12.3 Å². The number of hydrogen-bond donors (Lipinski definition) is 3. The van der Waals surface area contributed by atoms with Crippen LogP contribution in [0.5, 0.6) is 0 Å². The molecule has 0 spiro atoms. The number of nitrogens with zero attached hydrogens (tertiary/aromatic N) is 1. The minimum atomic E-state index is -1.03. The number of aromatic nitrogens is 1. The van der Waals surface area contributed by atoms with Crippen LogP contribution in [0.15, 0.2) is 42.6 Å². The van der Waals surface area contributed by atoms with Gasteiger partial charge in [0, 0.05) is 6.54 Å². The van der Waals surface area contributed by atoms with Crippen molar-refractivity contribution in [2.45, 2.75) is 6.10 Å². The summed E-state index contributed by atoms with van der Waals surface area (Å²) in [7, 11) is 0. The van der Waals surface area contributed by atoms with Crippen LogP contribution < -0.4 is 10.6 Å². The Morgan fingerprint density at radius 3 is 2.71 bits per heavy atom. The van der Waals surface area contributed by atoms with Gasteiger partial charge in [0.15, 0.2) is 0 Å². The molecule has 1 heterocycles. The summed E-state index contributed by atoms with van der Waals surface area (Å²) in [6.07, 6.45) is -0.0652. The van der Waals surface area contributed by atoms with Crippen molar-refractivity contribution in [2.75, 3.05) is 11.9 Å². The molecule has 0 unspecified atom stereocenters.